The number of hydroxylamine groups is 2. The van der Waals surface area contributed by atoms with Crippen molar-refractivity contribution >= 4 is 50.2 Å². The lowest BCUT2D eigenvalue weighted by molar-refractivity contribution is -0.148. The van der Waals surface area contributed by atoms with Crippen molar-refractivity contribution in [2.45, 2.75) is 26.2 Å². The van der Waals surface area contributed by atoms with E-state index in [1.807, 2.05) is 35.5 Å². The lowest BCUT2D eigenvalue weighted by atomic mass is 10.3. The molecule has 176 valence electrons. The molecule has 3 rings (SSSR count). The standard InChI is InChI=1S/C12H17BrN4O4S.C8H12N2/c13-11-1-2-12(14-9-11)15-3-5-17(6-4-15)22(20,21)8-7-16(19)10-18;1-2-5-8-9-6-3-4-7-10-8/h1-2,9-10,19H,3-8H2;3,6-7H,2,4-5H2,1H3. The number of amidine groups is 1. The van der Waals surface area contributed by atoms with Crippen molar-refractivity contribution in [1.82, 2.24) is 14.4 Å². The first-order valence-corrected chi connectivity index (χ1v) is 12.7. The van der Waals surface area contributed by atoms with Crippen molar-refractivity contribution in [2.24, 2.45) is 9.98 Å². The highest BCUT2D eigenvalue weighted by atomic mass is 79.9. The maximum Gasteiger partial charge on any atom is 0.233 e. The van der Waals surface area contributed by atoms with Gasteiger partial charge < -0.3 is 4.90 Å². The van der Waals surface area contributed by atoms with E-state index >= 15 is 0 Å². The maximum absolute atomic E-state index is 12.1. The molecule has 2 aliphatic heterocycles. The van der Waals surface area contributed by atoms with Crippen LogP contribution in [0.2, 0.25) is 0 Å². The highest BCUT2D eigenvalue weighted by Gasteiger charge is 2.27. The smallest absolute Gasteiger partial charge is 0.233 e. The Hall–Kier alpha value is -2.15. The van der Waals surface area contributed by atoms with E-state index < -0.39 is 10.0 Å². The van der Waals surface area contributed by atoms with Gasteiger partial charge in [0.05, 0.1) is 12.3 Å². The number of allylic oxidation sites excluding steroid dienone is 1. The second-order valence-corrected chi connectivity index (χ2v) is 10.0. The van der Waals surface area contributed by atoms with E-state index in [-0.39, 0.29) is 18.7 Å². The summed E-state index contributed by atoms with van der Waals surface area (Å²) in [5, 5.41) is 9.33. The Balaban J connectivity index is 0.000000303. The number of rotatable bonds is 8. The second-order valence-electron chi connectivity index (χ2n) is 7.03. The summed E-state index contributed by atoms with van der Waals surface area (Å²) in [6.07, 6.45) is 10.6. The molecule has 12 heteroatoms. The Kier molecular flexibility index (Phi) is 10.9. The zero-order chi connectivity index (χ0) is 23.4. The molecule has 32 heavy (non-hydrogen) atoms. The number of aromatic nitrogens is 1. The highest BCUT2D eigenvalue weighted by Crippen LogP contribution is 2.17. The molecule has 1 saturated heterocycles. The van der Waals surface area contributed by atoms with Crippen molar-refractivity contribution in [3.8, 4) is 0 Å². The number of sulfonamides is 1. The molecular formula is C20H29BrN6O4S. The third-order valence-electron chi connectivity index (χ3n) is 4.65. The van der Waals surface area contributed by atoms with Gasteiger partial charge in [-0.2, -0.15) is 4.31 Å². The lowest BCUT2D eigenvalue weighted by Gasteiger charge is -2.34. The molecule has 1 fully saturated rings. The van der Waals surface area contributed by atoms with Gasteiger partial charge in [0.25, 0.3) is 0 Å². The van der Waals surface area contributed by atoms with Gasteiger partial charge in [0.15, 0.2) is 0 Å². The van der Waals surface area contributed by atoms with Crippen molar-refractivity contribution < 1.29 is 18.4 Å². The lowest BCUT2D eigenvalue weighted by Crippen LogP contribution is -2.50. The number of pyridine rings is 1. The van der Waals surface area contributed by atoms with Gasteiger partial charge in [0, 0.05) is 62.1 Å². The van der Waals surface area contributed by atoms with Crippen LogP contribution in [0.1, 0.15) is 26.2 Å². The van der Waals surface area contributed by atoms with Crippen LogP contribution in [-0.4, -0.2) is 84.9 Å². The molecule has 1 aromatic heterocycles. The van der Waals surface area contributed by atoms with Crippen molar-refractivity contribution in [3.63, 3.8) is 0 Å². The van der Waals surface area contributed by atoms with Crippen LogP contribution >= 0.6 is 15.9 Å². The Morgan fingerprint density at radius 2 is 2.00 bits per heavy atom. The van der Waals surface area contributed by atoms with Gasteiger partial charge in [0.1, 0.15) is 11.7 Å². The fourth-order valence-electron chi connectivity index (χ4n) is 2.95. The molecule has 10 nitrogen and oxygen atoms in total. The number of hydrogen-bond donors (Lipinski definition) is 1. The van der Waals surface area contributed by atoms with Crippen molar-refractivity contribution in [3.05, 3.63) is 35.1 Å². The topological polar surface area (TPSA) is 119 Å². The summed E-state index contributed by atoms with van der Waals surface area (Å²) < 4.78 is 26.5. The number of piperazine rings is 1. The number of hydrogen-bond acceptors (Lipinski definition) is 8. The Labute approximate surface area is 197 Å². The zero-order valence-electron chi connectivity index (χ0n) is 18.0. The van der Waals surface area contributed by atoms with Crippen LogP contribution in [0.15, 0.2) is 45.1 Å². The van der Waals surface area contributed by atoms with Crippen molar-refractivity contribution in [2.75, 3.05) is 43.4 Å². The summed E-state index contributed by atoms with van der Waals surface area (Å²) in [4.78, 5) is 24.9. The van der Waals surface area contributed by atoms with Crippen LogP contribution in [0.4, 0.5) is 5.82 Å². The minimum Gasteiger partial charge on any atom is -0.354 e. The van der Waals surface area contributed by atoms with E-state index in [4.69, 9.17) is 5.21 Å². The molecule has 0 aliphatic carbocycles. The van der Waals surface area contributed by atoms with Gasteiger partial charge in [-0.05, 0) is 34.5 Å². The molecule has 2 aliphatic rings. The van der Waals surface area contributed by atoms with Gasteiger partial charge in [-0.3, -0.25) is 10.0 Å². The SMILES string of the molecule is CCCC1=NC=CCC=N1.O=CN(O)CCS(=O)(=O)N1CCN(c2ccc(Br)cn2)CC1. The van der Waals surface area contributed by atoms with Crippen LogP contribution in [0.3, 0.4) is 0 Å². The summed E-state index contributed by atoms with van der Waals surface area (Å²) >= 11 is 3.32. The second kappa shape index (κ2) is 13.4. The summed E-state index contributed by atoms with van der Waals surface area (Å²) in [7, 11) is -3.48. The number of amides is 1. The summed E-state index contributed by atoms with van der Waals surface area (Å²) in [6.45, 7) is 3.70. The normalized spacial score (nSPS) is 16.6. The quantitative estimate of drug-likeness (QED) is 0.314. The Bertz CT molecular complexity index is 913. The van der Waals surface area contributed by atoms with Crippen LogP contribution < -0.4 is 4.90 Å². The van der Waals surface area contributed by atoms with Gasteiger partial charge in [0.2, 0.25) is 16.4 Å². The minimum absolute atomic E-state index is 0.187. The number of aliphatic imine (C=N–C) groups is 2. The van der Waals surface area contributed by atoms with E-state index in [0.29, 0.717) is 31.2 Å². The molecule has 0 atom stereocenters. The van der Waals surface area contributed by atoms with Crippen molar-refractivity contribution in [1.29, 1.82) is 0 Å². The molecule has 0 unspecified atom stereocenters. The molecule has 0 radical (unpaired) electrons. The number of anilines is 1. The number of carbonyl (C=O) groups is 1. The highest BCUT2D eigenvalue weighted by molar-refractivity contribution is 9.10. The van der Waals surface area contributed by atoms with Gasteiger partial charge in [-0.1, -0.05) is 13.0 Å². The third-order valence-corrected chi connectivity index (χ3v) is 6.97. The van der Waals surface area contributed by atoms with E-state index in [0.717, 1.165) is 35.4 Å². The van der Waals surface area contributed by atoms with E-state index in [1.165, 1.54) is 4.31 Å². The number of carbonyl (C=O) groups excluding carboxylic acids is 1. The molecule has 1 amide bonds. The molecular weight excluding hydrogens is 500 g/mol. The Morgan fingerprint density at radius 3 is 2.62 bits per heavy atom. The minimum atomic E-state index is -3.48. The first kappa shape index (κ1) is 26.1. The molecule has 0 aromatic carbocycles. The fourth-order valence-corrected chi connectivity index (χ4v) is 4.58. The van der Waals surface area contributed by atoms with Crippen LogP contribution in [0.5, 0.6) is 0 Å². The van der Waals surface area contributed by atoms with E-state index in [1.54, 1.807) is 6.20 Å². The number of nitrogens with zero attached hydrogens (tertiary/aromatic N) is 6. The average Bonchev–Trinajstić information content (AvgIpc) is 3.08. The van der Waals surface area contributed by atoms with E-state index in [9.17, 15) is 13.2 Å². The predicted octanol–water partition coefficient (Wildman–Crippen LogP) is 2.32. The largest absolute Gasteiger partial charge is 0.354 e. The maximum atomic E-state index is 12.1. The summed E-state index contributed by atoms with van der Waals surface area (Å²) in [5.41, 5.74) is 0. The summed E-state index contributed by atoms with van der Waals surface area (Å²) in [5.74, 6) is 1.47. The average molecular weight is 529 g/mol. The monoisotopic (exact) mass is 528 g/mol. The van der Waals surface area contributed by atoms with Crippen LogP contribution in [0, 0.1) is 0 Å². The first-order valence-electron chi connectivity index (χ1n) is 10.3. The molecule has 1 aromatic rings. The molecule has 0 saturated carbocycles. The zero-order valence-corrected chi connectivity index (χ0v) is 20.4. The molecule has 0 spiro atoms. The molecule has 3 heterocycles. The Morgan fingerprint density at radius 1 is 1.25 bits per heavy atom. The predicted molar refractivity (Wildman–Crippen MR) is 129 cm³/mol. The van der Waals surface area contributed by atoms with E-state index in [2.05, 4.69) is 37.8 Å². The first-order chi connectivity index (χ1) is 15.4. The van der Waals surface area contributed by atoms with Crippen LogP contribution in [-0.2, 0) is 14.8 Å². The number of halogens is 1. The van der Waals surface area contributed by atoms with Gasteiger partial charge in [-0.15, -0.1) is 0 Å². The van der Waals surface area contributed by atoms with Gasteiger partial charge in [-0.25, -0.2) is 28.4 Å². The third kappa shape index (κ3) is 8.77. The molecule has 0 bridgehead atoms. The molecule has 1 N–H and O–H groups in total. The van der Waals surface area contributed by atoms with Crippen LogP contribution in [0.25, 0.3) is 0 Å². The fraction of sp³-hybridized carbons (Fsp3) is 0.500. The van der Waals surface area contributed by atoms with Gasteiger partial charge >= 0.3 is 0 Å². The summed E-state index contributed by atoms with van der Waals surface area (Å²) in [6, 6.07) is 3.77.